The maximum atomic E-state index is 12.4. The maximum Gasteiger partial charge on any atom is 0.260 e. The van der Waals surface area contributed by atoms with Crippen molar-refractivity contribution in [2.45, 2.75) is 4.90 Å². The lowest BCUT2D eigenvalue weighted by Crippen LogP contribution is -2.50. The van der Waals surface area contributed by atoms with E-state index in [1.165, 1.54) is 12.1 Å². The van der Waals surface area contributed by atoms with Gasteiger partial charge in [-0.25, -0.2) is 8.42 Å². The molecule has 1 aliphatic rings. The molecule has 8 heteroatoms. The van der Waals surface area contributed by atoms with Gasteiger partial charge in [0.05, 0.1) is 4.90 Å². The van der Waals surface area contributed by atoms with E-state index in [1.54, 1.807) is 17.0 Å². The number of sulfone groups is 1. The summed E-state index contributed by atoms with van der Waals surface area (Å²) in [6.45, 7) is 2.61. The van der Waals surface area contributed by atoms with Crippen molar-refractivity contribution in [3.05, 3.63) is 53.6 Å². The number of hydrogen-bond donors (Lipinski definition) is 0. The molecule has 0 atom stereocenters. The van der Waals surface area contributed by atoms with Gasteiger partial charge in [0.15, 0.2) is 16.4 Å². The second-order valence-electron chi connectivity index (χ2n) is 6.38. The van der Waals surface area contributed by atoms with Crippen LogP contribution in [-0.4, -0.2) is 58.3 Å². The van der Waals surface area contributed by atoms with Gasteiger partial charge < -0.3 is 14.5 Å². The molecule has 1 fully saturated rings. The molecular weight excluding hydrogens is 388 g/mol. The largest absolute Gasteiger partial charge is 0.484 e. The van der Waals surface area contributed by atoms with E-state index in [-0.39, 0.29) is 17.4 Å². The van der Waals surface area contributed by atoms with Gasteiger partial charge in [0, 0.05) is 43.1 Å². The zero-order chi connectivity index (χ0) is 19.4. The molecule has 0 N–H and O–H groups in total. The second-order valence-corrected chi connectivity index (χ2v) is 8.83. The van der Waals surface area contributed by atoms with Crippen LogP contribution in [0, 0.1) is 0 Å². The van der Waals surface area contributed by atoms with E-state index in [0.717, 1.165) is 25.0 Å². The maximum absolute atomic E-state index is 12.4. The van der Waals surface area contributed by atoms with Gasteiger partial charge in [-0.2, -0.15) is 0 Å². The number of carbonyl (C=O) groups is 1. The molecule has 3 rings (SSSR count). The van der Waals surface area contributed by atoms with Crippen LogP contribution in [0.1, 0.15) is 0 Å². The minimum atomic E-state index is -3.24. The zero-order valence-corrected chi connectivity index (χ0v) is 16.5. The van der Waals surface area contributed by atoms with E-state index in [9.17, 15) is 13.2 Å². The number of benzene rings is 2. The lowest BCUT2D eigenvalue weighted by atomic mass is 10.2. The Morgan fingerprint density at radius 1 is 1.07 bits per heavy atom. The van der Waals surface area contributed by atoms with Gasteiger partial charge in [-0.1, -0.05) is 17.7 Å². The van der Waals surface area contributed by atoms with Crippen molar-refractivity contribution in [3.8, 4) is 5.75 Å². The van der Waals surface area contributed by atoms with Crippen LogP contribution >= 0.6 is 11.6 Å². The summed E-state index contributed by atoms with van der Waals surface area (Å²) in [7, 11) is -3.24. The Kier molecular flexibility index (Phi) is 5.92. The smallest absolute Gasteiger partial charge is 0.260 e. The second kappa shape index (κ2) is 8.19. The van der Waals surface area contributed by atoms with Gasteiger partial charge in [-0.3, -0.25) is 4.79 Å². The molecule has 0 saturated carbocycles. The van der Waals surface area contributed by atoms with E-state index in [4.69, 9.17) is 16.3 Å². The van der Waals surface area contributed by atoms with Crippen molar-refractivity contribution < 1.29 is 17.9 Å². The van der Waals surface area contributed by atoms with Gasteiger partial charge in [0.2, 0.25) is 0 Å². The molecule has 6 nitrogen and oxygen atoms in total. The van der Waals surface area contributed by atoms with Crippen LogP contribution in [0.15, 0.2) is 53.4 Å². The summed E-state index contributed by atoms with van der Waals surface area (Å²) in [5.41, 5.74) is 1.05. The first-order valence-corrected chi connectivity index (χ1v) is 10.8. The first-order chi connectivity index (χ1) is 12.8. The van der Waals surface area contributed by atoms with Gasteiger partial charge in [0.1, 0.15) is 5.75 Å². The average molecular weight is 409 g/mol. The van der Waals surface area contributed by atoms with E-state index < -0.39 is 9.84 Å². The molecule has 0 bridgehead atoms. The summed E-state index contributed by atoms with van der Waals surface area (Å²) in [5.74, 6) is 0.376. The van der Waals surface area contributed by atoms with E-state index in [1.807, 2.05) is 24.3 Å². The first-order valence-electron chi connectivity index (χ1n) is 8.54. The molecule has 0 spiro atoms. The number of anilines is 1. The minimum Gasteiger partial charge on any atom is -0.484 e. The van der Waals surface area contributed by atoms with Crippen LogP contribution in [0.2, 0.25) is 5.02 Å². The Labute approximate surface area is 164 Å². The van der Waals surface area contributed by atoms with Crippen LogP contribution in [0.4, 0.5) is 5.69 Å². The molecule has 1 aliphatic heterocycles. The van der Waals surface area contributed by atoms with Crippen molar-refractivity contribution in [2.75, 3.05) is 43.9 Å². The van der Waals surface area contributed by atoms with Crippen LogP contribution in [0.25, 0.3) is 0 Å². The molecule has 1 saturated heterocycles. The summed E-state index contributed by atoms with van der Waals surface area (Å²) >= 11 is 6.04. The number of piperazine rings is 1. The minimum absolute atomic E-state index is 0.0740. The fourth-order valence-corrected chi connectivity index (χ4v) is 3.72. The third kappa shape index (κ3) is 5.14. The van der Waals surface area contributed by atoms with Crippen molar-refractivity contribution in [1.82, 2.24) is 4.90 Å². The lowest BCUT2D eigenvalue weighted by Gasteiger charge is -2.36. The highest BCUT2D eigenvalue weighted by molar-refractivity contribution is 7.90. The molecule has 0 unspecified atom stereocenters. The Hall–Kier alpha value is -2.25. The average Bonchev–Trinajstić information content (AvgIpc) is 2.66. The molecule has 1 heterocycles. The molecule has 0 radical (unpaired) electrons. The summed E-state index contributed by atoms with van der Waals surface area (Å²) in [5, 5.41) is 0.696. The quantitative estimate of drug-likeness (QED) is 0.760. The van der Waals surface area contributed by atoms with Crippen LogP contribution in [0.3, 0.4) is 0 Å². The number of ether oxygens (including phenoxy) is 1. The number of carbonyl (C=O) groups excluding carboxylic acids is 1. The topological polar surface area (TPSA) is 66.9 Å². The zero-order valence-electron chi connectivity index (χ0n) is 15.0. The summed E-state index contributed by atoms with van der Waals surface area (Å²) < 4.78 is 28.4. The number of hydrogen-bond acceptors (Lipinski definition) is 5. The van der Waals surface area contributed by atoms with Crippen LogP contribution < -0.4 is 9.64 Å². The standard InChI is InChI=1S/C19H21ClN2O4S/c1-27(24,25)18-7-5-17(6-8-18)26-14-19(23)22-11-9-21(10-12-22)16-4-2-3-15(20)13-16/h2-8,13H,9-12,14H2,1H3. The normalized spacial score (nSPS) is 14.9. The van der Waals surface area contributed by atoms with Crippen molar-refractivity contribution in [2.24, 2.45) is 0 Å². The molecule has 1 amide bonds. The summed E-state index contributed by atoms with van der Waals surface area (Å²) in [6, 6.07) is 13.7. The van der Waals surface area contributed by atoms with Gasteiger partial charge in [-0.05, 0) is 42.5 Å². The Morgan fingerprint density at radius 3 is 2.33 bits per heavy atom. The van der Waals surface area contributed by atoms with Crippen molar-refractivity contribution in [1.29, 1.82) is 0 Å². The fourth-order valence-electron chi connectivity index (χ4n) is 2.91. The van der Waals surface area contributed by atoms with Gasteiger partial charge >= 0.3 is 0 Å². The molecule has 144 valence electrons. The number of halogens is 1. The molecule has 2 aromatic rings. The van der Waals surface area contributed by atoms with Crippen molar-refractivity contribution in [3.63, 3.8) is 0 Å². The number of rotatable bonds is 5. The van der Waals surface area contributed by atoms with E-state index >= 15 is 0 Å². The van der Waals surface area contributed by atoms with E-state index in [0.29, 0.717) is 23.9 Å². The Balaban J connectivity index is 1.50. The van der Waals surface area contributed by atoms with Gasteiger partial charge in [0.25, 0.3) is 5.91 Å². The molecular formula is C19H21ClN2O4S. The van der Waals surface area contributed by atoms with Gasteiger partial charge in [-0.15, -0.1) is 0 Å². The fraction of sp³-hybridized carbons (Fsp3) is 0.316. The number of nitrogens with zero attached hydrogens (tertiary/aromatic N) is 2. The third-order valence-corrected chi connectivity index (χ3v) is 5.78. The third-order valence-electron chi connectivity index (χ3n) is 4.42. The SMILES string of the molecule is CS(=O)(=O)c1ccc(OCC(=O)N2CCN(c3cccc(Cl)c3)CC2)cc1. The molecule has 27 heavy (non-hydrogen) atoms. The predicted molar refractivity (Wildman–Crippen MR) is 105 cm³/mol. The highest BCUT2D eigenvalue weighted by atomic mass is 35.5. The number of amides is 1. The highest BCUT2D eigenvalue weighted by Gasteiger charge is 2.21. The highest BCUT2D eigenvalue weighted by Crippen LogP contribution is 2.21. The molecule has 2 aromatic carbocycles. The molecule has 0 aliphatic carbocycles. The summed E-state index contributed by atoms with van der Waals surface area (Å²) in [4.78, 5) is 16.5. The summed E-state index contributed by atoms with van der Waals surface area (Å²) in [6.07, 6.45) is 1.15. The lowest BCUT2D eigenvalue weighted by molar-refractivity contribution is -0.133. The Morgan fingerprint density at radius 2 is 1.74 bits per heavy atom. The van der Waals surface area contributed by atoms with Crippen molar-refractivity contribution >= 4 is 33.0 Å². The first kappa shape index (κ1) is 19.5. The monoisotopic (exact) mass is 408 g/mol. The van der Waals surface area contributed by atoms with Crippen LogP contribution in [-0.2, 0) is 14.6 Å². The molecule has 0 aromatic heterocycles. The van der Waals surface area contributed by atoms with Crippen LogP contribution in [0.5, 0.6) is 5.75 Å². The van der Waals surface area contributed by atoms with E-state index in [2.05, 4.69) is 4.90 Å². The predicted octanol–water partition coefficient (Wildman–Crippen LogP) is 2.47. The Bertz CT molecular complexity index is 908.